The minimum atomic E-state index is -0.676. The van der Waals surface area contributed by atoms with E-state index in [4.69, 9.17) is 4.42 Å². The second-order valence-electron chi connectivity index (χ2n) is 7.14. The highest BCUT2D eigenvalue weighted by Gasteiger charge is 2.52. The van der Waals surface area contributed by atoms with Gasteiger partial charge in [0.2, 0.25) is 0 Å². The zero-order valence-electron chi connectivity index (χ0n) is 14.9. The van der Waals surface area contributed by atoms with Crippen molar-refractivity contribution in [2.75, 3.05) is 4.90 Å². The number of urea groups is 1. The molecule has 0 bridgehead atoms. The fraction of sp³-hybridized carbons (Fsp3) is 0.400. The summed E-state index contributed by atoms with van der Waals surface area (Å²) in [5.41, 5.74) is 2.11. The predicted octanol–water partition coefficient (Wildman–Crippen LogP) is 3.25. The van der Waals surface area contributed by atoms with Crippen LogP contribution in [0.15, 0.2) is 41.0 Å². The third-order valence-corrected chi connectivity index (χ3v) is 5.40. The molecule has 3 amide bonds. The van der Waals surface area contributed by atoms with Crippen LogP contribution in [-0.4, -0.2) is 17.5 Å². The summed E-state index contributed by atoms with van der Waals surface area (Å²) in [5, 5.41) is 6.30. The first-order chi connectivity index (χ1) is 12.6. The number of carbonyl (C=O) groups excluding carboxylic acids is 2. The van der Waals surface area contributed by atoms with E-state index in [0.29, 0.717) is 18.8 Å². The van der Waals surface area contributed by atoms with Gasteiger partial charge in [-0.05, 0) is 43.5 Å². The van der Waals surface area contributed by atoms with Crippen LogP contribution >= 0.6 is 0 Å². The van der Waals surface area contributed by atoms with Crippen molar-refractivity contribution >= 4 is 17.6 Å². The molecule has 136 valence electrons. The van der Waals surface area contributed by atoms with Gasteiger partial charge in [-0.1, -0.05) is 25.0 Å². The topological polar surface area (TPSA) is 74.6 Å². The number of nitrogens with one attached hydrogen (secondary N) is 2. The Hall–Kier alpha value is -2.60. The number of nitrogens with zero attached hydrogens (tertiary/aromatic N) is 1. The number of amides is 3. The van der Waals surface area contributed by atoms with Crippen molar-refractivity contribution in [2.45, 2.75) is 51.2 Å². The van der Waals surface area contributed by atoms with Crippen LogP contribution in [0.25, 0.3) is 0 Å². The van der Waals surface area contributed by atoms with E-state index in [9.17, 15) is 9.59 Å². The quantitative estimate of drug-likeness (QED) is 0.809. The minimum absolute atomic E-state index is 0.112. The second kappa shape index (κ2) is 6.61. The molecule has 2 aromatic rings. The molecule has 0 radical (unpaired) electrons. The highest BCUT2D eigenvalue weighted by molar-refractivity contribution is 6.23. The summed E-state index contributed by atoms with van der Waals surface area (Å²) < 4.78 is 5.29. The van der Waals surface area contributed by atoms with E-state index in [1.165, 1.54) is 4.90 Å². The lowest BCUT2D eigenvalue weighted by molar-refractivity contribution is -0.121. The second-order valence-corrected chi connectivity index (χ2v) is 7.14. The summed E-state index contributed by atoms with van der Waals surface area (Å²) in [6.07, 6.45) is 5.12. The van der Waals surface area contributed by atoms with Gasteiger partial charge in [0.05, 0.1) is 12.0 Å². The number of aryl methyl sites for hydroxylation is 1. The van der Waals surface area contributed by atoms with Gasteiger partial charge in [-0.25, -0.2) is 9.69 Å². The number of furan rings is 1. The smallest absolute Gasteiger partial charge is 0.329 e. The summed E-state index contributed by atoms with van der Waals surface area (Å²) >= 11 is 0. The maximum Gasteiger partial charge on any atom is 0.329 e. The Bertz CT molecular complexity index is 836. The number of hydrogen-bond acceptors (Lipinski definition) is 4. The Morgan fingerprint density at radius 2 is 2.00 bits per heavy atom. The number of rotatable bonds is 5. The summed E-state index contributed by atoms with van der Waals surface area (Å²) in [6.45, 7) is 3.29. The standard InChI is InChI=1S/C20H23N3O3/c1-14-16(7-10-26-14)13-21-12-15-5-4-6-17(11-15)23-18(24)20(22-19(23)25)8-2-3-9-20/h4-7,10-11,21H,2-3,8-9,12-13H2,1H3,(H,22,25). The lowest BCUT2D eigenvalue weighted by Crippen LogP contribution is -2.44. The largest absolute Gasteiger partial charge is 0.469 e. The van der Waals surface area contributed by atoms with Crippen molar-refractivity contribution in [3.63, 3.8) is 0 Å². The van der Waals surface area contributed by atoms with E-state index in [-0.39, 0.29) is 11.9 Å². The molecule has 2 heterocycles. The van der Waals surface area contributed by atoms with Gasteiger partial charge in [-0.2, -0.15) is 0 Å². The minimum Gasteiger partial charge on any atom is -0.469 e. The molecule has 0 unspecified atom stereocenters. The number of benzene rings is 1. The van der Waals surface area contributed by atoms with Gasteiger partial charge >= 0.3 is 6.03 Å². The third-order valence-electron chi connectivity index (χ3n) is 5.40. The Kier molecular flexibility index (Phi) is 4.28. The van der Waals surface area contributed by atoms with Gasteiger partial charge in [0, 0.05) is 18.7 Å². The zero-order valence-corrected chi connectivity index (χ0v) is 14.9. The molecule has 26 heavy (non-hydrogen) atoms. The van der Waals surface area contributed by atoms with Gasteiger partial charge in [0.1, 0.15) is 11.3 Å². The molecular formula is C20H23N3O3. The molecule has 4 rings (SSSR count). The van der Waals surface area contributed by atoms with Gasteiger partial charge in [0.25, 0.3) is 5.91 Å². The molecule has 1 saturated heterocycles. The van der Waals surface area contributed by atoms with E-state index in [1.807, 2.05) is 37.3 Å². The molecule has 2 fully saturated rings. The summed E-state index contributed by atoms with van der Waals surface area (Å²) in [7, 11) is 0. The molecule has 6 nitrogen and oxygen atoms in total. The predicted molar refractivity (Wildman–Crippen MR) is 97.6 cm³/mol. The number of imide groups is 1. The highest BCUT2D eigenvalue weighted by Crippen LogP contribution is 2.37. The Morgan fingerprint density at radius 1 is 1.19 bits per heavy atom. The van der Waals surface area contributed by atoms with Gasteiger partial charge in [-0.15, -0.1) is 0 Å². The molecular weight excluding hydrogens is 330 g/mol. The van der Waals surface area contributed by atoms with Crippen molar-refractivity contribution in [1.82, 2.24) is 10.6 Å². The van der Waals surface area contributed by atoms with Crippen LogP contribution in [0.1, 0.15) is 42.6 Å². The molecule has 6 heteroatoms. The fourth-order valence-corrected chi connectivity index (χ4v) is 3.91. The van der Waals surface area contributed by atoms with Crippen LogP contribution in [0.3, 0.4) is 0 Å². The van der Waals surface area contributed by atoms with Gasteiger partial charge in [-0.3, -0.25) is 4.79 Å². The van der Waals surface area contributed by atoms with Crippen LogP contribution < -0.4 is 15.5 Å². The molecule has 1 aromatic carbocycles. The van der Waals surface area contributed by atoms with E-state index < -0.39 is 5.54 Å². The maximum atomic E-state index is 12.9. The number of anilines is 1. The van der Waals surface area contributed by atoms with Crippen molar-refractivity contribution in [3.05, 3.63) is 53.5 Å². The first-order valence-corrected chi connectivity index (χ1v) is 9.08. The zero-order chi connectivity index (χ0) is 18.1. The van der Waals surface area contributed by atoms with Crippen LogP contribution in [-0.2, 0) is 17.9 Å². The van der Waals surface area contributed by atoms with Crippen LogP contribution in [0.5, 0.6) is 0 Å². The molecule has 1 aliphatic heterocycles. The highest BCUT2D eigenvalue weighted by atomic mass is 16.3. The van der Waals surface area contributed by atoms with E-state index in [0.717, 1.165) is 42.6 Å². The van der Waals surface area contributed by atoms with Crippen LogP contribution in [0.4, 0.5) is 10.5 Å². The average molecular weight is 353 g/mol. The van der Waals surface area contributed by atoms with E-state index in [2.05, 4.69) is 10.6 Å². The average Bonchev–Trinajstić information content (AvgIpc) is 3.31. The lowest BCUT2D eigenvalue weighted by atomic mass is 9.98. The van der Waals surface area contributed by atoms with Gasteiger partial charge in [0.15, 0.2) is 0 Å². The Labute approximate surface area is 152 Å². The maximum absolute atomic E-state index is 12.9. The summed E-state index contributed by atoms with van der Waals surface area (Å²) in [6, 6.07) is 9.23. The van der Waals surface area contributed by atoms with Crippen LogP contribution in [0.2, 0.25) is 0 Å². The lowest BCUT2D eigenvalue weighted by Gasteiger charge is -2.20. The first kappa shape index (κ1) is 16.8. The van der Waals surface area contributed by atoms with Crippen LogP contribution in [0, 0.1) is 6.92 Å². The van der Waals surface area contributed by atoms with E-state index in [1.54, 1.807) is 6.26 Å². The molecule has 1 aliphatic carbocycles. The van der Waals surface area contributed by atoms with Crippen molar-refractivity contribution in [3.8, 4) is 0 Å². The summed E-state index contributed by atoms with van der Waals surface area (Å²) in [5.74, 6) is 0.798. The third kappa shape index (κ3) is 2.90. The monoisotopic (exact) mass is 353 g/mol. The molecule has 1 spiro atoms. The molecule has 1 aromatic heterocycles. The normalized spacial score (nSPS) is 18.7. The van der Waals surface area contributed by atoms with E-state index >= 15 is 0 Å². The summed E-state index contributed by atoms with van der Waals surface area (Å²) in [4.78, 5) is 26.6. The van der Waals surface area contributed by atoms with Crippen molar-refractivity contribution in [2.24, 2.45) is 0 Å². The fourth-order valence-electron chi connectivity index (χ4n) is 3.91. The Balaban J connectivity index is 1.46. The molecule has 1 saturated carbocycles. The molecule has 0 atom stereocenters. The first-order valence-electron chi connectivity index (χ1n) is 9.08. The molecule has 2 N–H and O–H groups in total. The van der Waals surface area contributed by atoms with Gasteiger partial charge < -0.3 is 15.1 Å². The van der Waals surface area contributed by atoms with Crippen molar-refractivity contribution in [1.29, 1.82) is 0 Å². The molecule has 2 aliphatic rings. The van der Waals surface area contributed by atoms with Crippen molar-refractivity contribution < 1.29 is 14.0 Å². The number of carbonyl (C=O) groups is 2. The number of hydrogen-bond donors (Lipinski definition) is 2. The Morgan fingerprint density at radius 3 is 2.73 bits per heavy atom. The SMILES string of the molecule is Cc1occc1CNCc1cccc(N2C(=O)NC3(CCCC3)C2=O)c1.